The quantitative estimate of drug-likeness (QED) is 0.123. The summed E-state index contributed by atoms with van der Waals surface area (Å²) in [7, 11) is 1.40. The molecule has 2 saturated heterocycles. The van der Waals surface area contributed by atoms with Gasteiger partial charge in [-0.1, -0.05) is 77.7 Å². The summed E-state index contributed by atoms with van der Waals surface area (Å²) in [6.45, 7) is 2.12. The van der Waals surface area contributed by atoms with Crippen LogP contribution in [0.2, 0.25) is 5.02 Å². The van der Waals surface area contributed by atoms with Gasteiger partial charge in [-0.2, -0.15) is 5.01 Å². The average molecular weight is 726 g/mol. The number of allylic oxidation sites excluding steroid dienone is 2. The number of carbonyl (C=O) groups is 5. The molecule has 0 aromatic heterocycles. The third kappa shape index (κ3) is 5.62. The van der Waals surface area contributed by atoms with Crippen molar-refractivity contribution in [2.24, 2.45) is 23.7 Å². The van der Waals surface area contributed by atoms with Crippen LogP contribution < -0.4 is 10.2 Å². The third-order valence-electron chi connectivity index (χ3n) is 11.4. The monoisotopic (exact) mass is 725 g/mol. The summed E-state index contributed by atoms with van der Waals surface area (Å²) in [5.74, 6) is -6.31. The third-order valence-corrected chi connectivity index (χ3v) is 11.6. The number of phenolic OH excluding ortho intramolecular Hbond substituents is 1. The molecule has 7 rings (SSSR count). The molecular formula is C40H40ClN3O8. The number of nitrogens with zero attached hydrogens (tertiary/aromatic N) is 2. The van der Waals surface area contributed by atoms with Gasteiger partial charge in [0.1, 0.15) is 0 Å². The van der Waals surface area contributed by atoms with Gasteiger partial charge < -0.3 is 14.9 Å². The summed E-state index contributed by atoms with van der Waals surface area (Å²) in [6, 6.07) is 19.7. The fourth-order valence-corrected chi connectivity index (χ4v) is 9.27. The van der Waals surface area contributed by atoms with Gasteiger partial charge in [0.2, 0.25) is 11.8 Å². The molecule has 0 bridgehead atoms. The molecule has 0 radical (unpaired) electrons. The maximum atomic E-state index is 15.3. The lowest BCUT2D eigenvalue weighted by atomic mass is 9.49. The average Bonchev–Trinajstić information content (AvgIpc) is 3.50. The van der Waals surface area contributed by atoms with Crippen LogP contribution in [-0.4, -0.2) is 63.4 Å². The van der Waals surface area contributed by atoms with Crippen LogP contribution in [0, 0.1) is 30.6 Å². The lowest BCUT2D eigenvalue weighted by Gasteiger charge is -2.50. The van der Waals surface area contributed by atoms with Crippen LogP contribution in [0.4, 0.5) is 5.69 Å². The number of aliphatic carboxylic acids is 1. The van der Waals surface area contributed by atoms with E-state index in [2.05, 4.69) is 5.43 Å². The number of aryl methyl sites for hydroxylation is 1. The molecule has 3 aromatic rings. The molecule has 0 spiro atoms. The number of benzene rings is 3. The topological polar surface area (TPSA) is 154 Å². The highest BCUT2D eigenvalue weighted by Gasteiger charge is 2.70. The summed E-state index contributed by atoms with van der Waals surface area (Å²) in [5, 5.41) is 20.9. The summed E-state index contributed by atoms with van der Waals surface area (Å²) in [6.07, 6.45) is 3.86. The molecular weight excluding hydrogens is 686 g/mol. The molecule has 4 amide bonds. The van der Waals surface area contributed by atoms with E-state index >= 15 is 4.79 Å². The Bertz CT molecular complexity index is 1980. The Kier molecular flexibility index (Phi) is 9.33. The Labute approximate surface area is 306 Å². The Morgan fingerprint density at radius 3 is 2.38 bits per heavy atom. The highest BCUT2D eigenvalue weighted by Crippen LogP contribution is 2.64. The first-order valence-electron chi connectivity index (χ1n) is 17.6. The first-order chi connectivity index (χ1) is 25.0. The molecule has 2 aliphatic carbocycles. The van der Waals surface area contributed by atoms with Crippen LogP contribution in [0.3, 0.4) is 0 Å². The van der Waals surface area contributed by atoms with Gasteiger partial charge in [-0.3, -0.25) is 34.3 Å². The first-order valence-corrected chi connectivity index (χ1v) is 18.0. The molecule has 3 aromatic carbocycles. The summed E-state index contributed by atoms with van der Waals surface area (Å²) >= 11 is 6.62. The van der Waals surface area contributed by atoms with Crippen molar-refractivity contribution in [2.45, 2.75) is 56.8 Å². The van der Waals surface area contributed by atoms with Crippen molar-refractivity contribution < 1.29 is 38.9 Å². The van der Waals surface area contributed by atoms with Crippen molar-refractivity contribution in [3.63, 3.8) is 0 Å². The Hall–Kier alpha value is -5.16. The van der Waals surface area contributed by atoms with Gasteiger partial charge in [0, 0.05) is 18.9 Å². The van der Waals surface area contributed by atoms with Crippen molar-refractivity contribution in [3.8, 4) is 11.5 Å². The molecule has 6 atom stereocenters. The number of amides is 4. The minimum atomic E-state index is -1.49. The number of rotatable bonds is 11. The number of hydrogen-bond acceptors (Lipinski definition) is 8. The zero-order chi connectivity index (χ0) is 36.9. The minimum absolute atomic E-state index is 0.00174. The van der Waals surface area contributed by atoms with Crippen molar-refractivity contribution >= 4 is 46.9 Å². The van der Waals surface area contributed by atoms with Gasteiger partial charge in [-0.25, -0.2) is 0 Å². The van der Waals surface area contributed by atoms with Crippen LogP contribution in [0.25, 0.3) is 0 Å². The number of aromatic hydroxyl groups is 1. The molecule has 0 unspecified atom stereocenters. The number of nitrogens with one attached hydrogen (secondary N) is 1. The zero-order valence-corrected chi connectivity index (χ0v) is 29.6. The van der Waals surface area contributed by atoms with E-state index in [1.807, 2.05) is 55.5 Å². The van der Waals surface area contributed by atoms with E-state index in [1.54, 1.807) is 24.3 Å². The molecule has 270 valence electrons. The van der Waals surface area contributed by atoms with Gasteiger partial charge in [0.25, 0.3) is 11.8 Å². The predicted octanol–water partition coefficient (Wildman–Crippen LogP) is 5.99. The number of halogens is 1. The molecule has 11 nitrogen and oxygen atoms in total. The van der Waals surface area contributed by atoms with Crippen LogP contribution in [-0.2, 0) is 29.4 Å². The second-order valence-electron chi connectivity index (χ2n) is 14.2. The van der Waals surface area contributed by atoms with Crippen LogP contribution in [0.15, 0.2) is 78.4 Å². The first kappa shape index (κ1) is 35.3. The highest BCUT2D eigenvalue weighted by atomic mass is 35.5. The lowest BCUT2D eigenvalue weighted by molar-refractivity contribution is -0.141. The molecule has 12 heteroatoms. The summed E-state index contributed by atoms with van der Waals surface area (Å²) < 4.78 is 5.52. The number of anilines is 1. The van der Waals surface area contributed by atoms with Gasteiger partial charge in [0.05, 0.1) is 41.0 Å². The van der Waals surface area contributed by atoms with E-state index in [0.29, 0.717) is 36.1 Å². The Balaban J connectivity index is 1.36. The number of fused-ring (bicyclic) bond motifs is 4. The molecule has 1 saturated carbocycles. The molecule has 2 aliphatic heterocycles. The number of carboxylic acid groups (broad SMARTS) is 1. The minimum Gasteiger partial charge on any atom is -0.503 e. The van der Waals surface area contributed by atoms with Crippen molar-refractivity contribution in [3.05, 3.63) is 100 Å². The van der Waals surface area contributed by atoms with Crippen LogP contribution >= 0.6 is 11.6 Å². The van der Waals surface area contributed by atoms with Gasteiger partial charge in [0.15, 0.2) is 11.5 Å². The predicted molar refractivity (Wildman–Crippen MR) is 191 cm³/mol. The van der Waals surface area contributed by atoms with Gasteiger partial charge in [-0.05, 0) is 73.9 Å². The number of hydrogen-bond donors (Lipinski definition) is 3. The molecule has 4 aliphatic rings. The molecule has 3 fully saturated rings. The maximum Gasteiger partial charge on any atom is 0.303 e. The van der Waals surface area contributed by atoms with Crippen molar-refractivity contribution in [1.29, 1.82) is 0 Å². The molecule has 52 heavy (non-hydrogen) atoms. The van der Waals surface area contributed by atoms with Crippen LogP contribution in [0.1, 0.15) is 61.1 Å². The number of phenols is 1. The second-order valence-corrected chi connectivity index (χ2v) is 14.6. The van der Waals surface area contributed by atoms with Crippen molar-refractivity contribution in [2.75, 3.05) is 19.1 Å². The fraction of sp³-hybridized carbons (Fsp3) is 0.375. The zero-order valence-electron chi connectivity index (χ0n) is 28.9. The normalized spacial score (nSPS) is 26.5. The largest absolute Gasteiger partial charge is 0.503 e. The lowest BCUT2D eigenvalue weighted by Crippen LogP contribution is -2.53. The van der Waals surface area contributed by atoms with E-state index in [9.17, 15) is 24.3 Å². The molecule has 3 N–H and O–H groups in total. The summed E-state index contributed by atoms with van der Waals surface area (Å²) in [5.41, 5.74) is 5.03. The Morgan fingerprint density at radius 2 is 1.69 bits per heavy atom. The summed E-state index contributed by atoms with van der Waals surface area (Å²) in [4.78, 5) is 70.4. The fourth-order valence-electron chi connectivity index (χ4n) is 9.05. The number of ether oxygens (including phenoxy) is 1. The smallest absolute Gasteiger partial charge is 0.303 e. The van der Waals surface area contributed by atoms with Gasteiger partial charge >= 0.3 is 5.97 Å². The number of carbonyl (C=O) groups excluding carboxylic acids is 4. The molecule has 2 heterocycles. The number of likely N-dealkylation sites (tertiary alicyclic amines) is 1. The van der Waals surface area contributed by atoms with Gasteiger partial charge in [-0.15, -0.1) is 0 Å². The maximum absolute atomic E-state index is 15.3. The van der Waals surface area contributed by atoms with E-state index in [0.717, 1.165) is 16.1 Å². The number of hydrazine groups is 1. The van der Waals surface area contributed by atoms with E-state index in [1.165, 1.54) is 12.0 Å². The van der Waals surface area contributed by atoms with Crippen molar-refractivity contribution in [1.82, 2.24) is 9.91 Å². The SMILES string of the molecule is COc1cc([C@H]2C3=CC[C@@H]4C(=O)N(CCCCCC(=O)O)C(=O)[C@@H]4[C@@H]3C[C@H]3C(=O)N(Nc4ccc(C)cc4)C(=O)[C@@]23c2ccccc2)cc(Cl)c1O. The standard InChI is InChI=1S/C40H40ClN3O8/c1-22-12-14-25(15-13-22)42-44-37(49)29-21-28-26(16-17-27-33(28)38(50)43(36(27)48)18-8-4-7-11-32(45)46)34(23-19-30(41)35(47)31(20-23)52-2)40(29,39(44)51)24-9-5-3-6-10-24/h3,5-6,9-10,12-16,19-20,27-29,33-34,42,47H,4,7-8,11,17-18,21H2,1-2H3,(H,45,46)/t27-,28+,29-,33-,34-,40+/m0/s1. The number of unbranched alkanes of at least 4 members (excludes halogenated alkanes) is 2. The second kappa shape index (κ2) is 13.8. The highest BCUT2D eigenvalue weighted by molar-refractivity contribution is 6.32. The number of methoxy groups -OCH3 is 1. The van der Waals surface area contributed by atoms with E-state index < -0.39 is 52.8 Å². The van der Waals surface area contributed by atoms with E-state index in [-0.39, 0.29) is 54.1 Å². The van der Waals surface area contributed by atoms with E-state index in [4.69, 9.17) is 21.4 Å². The van der Waals surface area contributed by atoms with Crippen LogP contribution in [0.5, 0.6) is 11.5 Å². The number of carboxylic acids is 1. The Morgan fingerprint density at radius 1 is 0.962 bits per heavy atom. The number of imide groups is 2.